The van der Waals surface area contributed by atoms with Gasteiger partial charge in [-0.1, -0.05) is 250 Å². The normalized spacial score (nSPS) is 11.6. The number of carbonyl (C=O) groups is 3. The van der Waals surface area contributed by atoms with Crippen molar-refractivity contribution in [1.82, 2.24) is 4.90 Å². The Morgan fingerprint density at radius 3 is 1.12 bits per heavy atom. The van der Waals surface area contributed by atoms with E-state index in [-0.39, 0.29) is 49.3 Å². The van der Waals surface area contributed by atoms with Crippen LogP contribution >= 0.6 is 0 Å². The zero-order valence-electron chi connectivity index (χ0n) is 39.8. The van der Waals surface area contributed by atoms with Crippen molar-refractivity contribution in [2.75, 3.05) is 26.3 Å². The molecule has 6 heteroatoms. The molecule has 0 N–H and O–H groups in total. The zero-order valence-corrected chi connectivity index (χ0v) is 39.8. The minimum atomic E-state index is -0.117. The van der Waals surface area contributed by atoms with Crippen molar-refractivity contribution in [3.8, 4) is 0 Å². The second kappa shape index (κ2) is 41.7. The van der Waals surface area contributed by atoms with Gasteiger partial charge in [0.05, 0.1) is 24.9 Å². The van der Waals surface area contributed by atoms with Crippen molar-refractivity contribution in [2.45, 2.75) is 240 Å². The van der Waals surface area contributed by atoms with Crippen molar-refractivity contribution in [3.63, 3.8) is 0 Å². The molecule has 0 atom stereocenters. The molecule has 0 radical (unpaired) electrons. The second-order valence-electron chi connectivity index (χ2n) is 17.8. The van der Waals surface area contributed by atoms with Crippen LogP contribution in [0.5, 0.6) is 0 Å². The fourth-order valence-electron chi connectivity index (χ4n) is 8.25. The molecule has 0 unspecified atom stereocenters. The summed E-state index contributed by atoms with van der Waals surface area (Å²) in [5.74, 6) is -0.457. The van der Waals surface area contributed by atoms with E-state index in [4.69, 9.17) is 9.47 Å². The van der Waals surface area contributed by atoms with Gasteiger partial charge in [0.25, 0.3) is 0 Å². The van der Waals surface area contributed by atoms with Gasteiger partial charge in [-0.05, 0) is 31.2 Å². The molecule has 0 aromatic heterocycles. The molecule has 0 aliphatic heterocycles. The van der Waals surface area contributed by atoms with Crippen LogP contribution < -0.4 is 0 Å². The molecule has 0 aliphatic carbocycles. The van der Waals surface area contributed by atoms with Crippen LogP contribution in [0, 0.1) is 11.8 Å². The highest BCUT2D eigenvalue weighted by Gasteiger charge is 2.23. The zero-order chi connectivity index (χ0) is 43.6. The second-order valence-corrected chi connectivity index (χ2v) is 17.8. The number of nitrogens with zero attached hydrogens (tertiary/aromatic N) is 1. The van der Waals surface area contributed by atoms with Gasteiger partial charge in [0.15, 0.2) is 0 Å². The van der Waals surface area contributed by atoms with Gasteiger partial charge < -0.3 is 14.4 Å². The summed E-state index contributed by atoms with van der Waals surface area (Å²) in [6, 6.07) is 9.98. The maximum Gasteiger partial charge on any atom is 0.308 e. The molecule has 0 aliphatic rings. The fourth-order valence-corrected chi connectivity index (χ4v) is 8.25. The molecule has 1 aromatic rings. The van der Waals surface area contributed by atoms with E-state index >= 15 is 0 Å². The summed E-state index contributed by atoms with van der Waals surface area (Å²) in [5, 5.41) is 0. The van der Waals surface area contributed by atoms with E-state index in [1.807, 2.05) is 42.5 Å². The summed E-state index contributed by atoms with van der Waals surface area (Å²) in [6.45, 7) is 9.90. The van der Waals surface area contributed by atoms with E-state index in [0.29, 0.717) is 13.1 Å². The Labute approximate surface area is 371 Å². The Bertz CT molecular complexity index is 1060. The minimum Gasteiger partial charge on any atom is -0.464 e. The molecule has 0 heterocycles. The number of unbranched alkanes of at least 4 members (excludes halogenated alkanes) is 24. The highest BCUT2D eigenvalue weighted by molar-refractivity contribution is 5.79. The van der Waals surface area contributed by atoms with Crippen molar-refractivity contribution < 1.29 is 23.9 Å². The number of hydrogen-bond donors (Lipinski definition) is 0. The number of hydrogen-bond acceptors (Lipinski definition) is 5. The van der Waals surface area contributed by atoms with Crippen molar-refractivity contribution in [2.24, 2.45) is 11.8 Å². The van der Waals surface area contributed by atoms with E-state index in [9.17, 15) is 14.4 Å². The largest absolute Gasteiger partial charge is 0.464 e. The van der Waals surface area contributed by atoms with Gasteiger partial charge in [-0.15, -0.1) is 0 Å². The minimum absolute atomic E-state index is 0.0559. The molecule has 6 nitrogen and oxygen atoms in total. The average molecular weight is 838 g/mol. The first-order chi connectivity index (χ1) is 29.5. The molecular weight excluding hydrogens is 743 g/mol. The van der Waals surface area contributed by atoms with Crippen LogP contribution in [-0.2, 0) is 23.9 Å². The molecule has 60 heavy (non-hydrogen) atoms. The molecule has 0 saturated carbocycles. The monoisotopic (exact) mass is 838 g/mol. The number of ether oxygens (including phenoxy) is 2. The Hall–Kier alpha value is -2.63. The summed E-state index contributed by atoms with van der Waals surface area (Å²) in [7, 11) is 0. The van der Waals surface area contributed by atoms with Crippen molar-refractivity contribution in [3.05, 3.63) is 42.0 Å². The first kappa shape index (κ1) is 55.4. The van der Waals surface area contributed by atoms with Gasteiger partial charge >= 0.3 is 11.9 Å². The van der Waals surface area contributed by atoms with Crippen molar-refractivity contribution >= 4 is 23.9 Å². The SMILES string of the molecule is CCCCCCCCCC(CCCCCCCCC)C(=O)OCCN(CCOC(=O)C(CCCCCCCCC)CCCCCCCCC)C(=O)C/C=C/c1ccccc1. The van der Waals surface area contributed by atoms with E-state index in [1.165, 1.54) is 154 Å². The molecule has 0 spiro atoms. The quantitative estimate of drug-likeness (QED) is 0.0484. The lowest BCUT2D eigenvalue weighted by Gasteiger charge is -2.24. The maximum absolute atomic E-state index is 13.6. The first-order valence-corrected chi connectivity index (χ1v) is 25.8. The molecule has 346 valence electrons. The molecular formula is C54H95NO5. The summed E-state index contributed by atoms with van der Waals surface area (Å²) >= 11 is 0. The van der Waals surface area contributed by atoms with Crippen LogP contribution in [0.25, 0.3) is 6.08 Å². The van der Waals surface area contributed by atoms with E-state index in [1.54, 1.807) is 4.90 Å². The van der Waals surface area contributed by atoms with Gasteiger partial charge in [-0.2, -0.15) is 0 Å². The van der Waals surface area contributed by atoms with E-state index in [2.05, 4.69) is 27.7 Å². The highest BCUT2D eigenvalue weighted by Crippen LogP contribution is 2.23. The van der Waals surface area contributed by atoms with Gasteiger partial charge in [-0.25, -0.2) is 0 Å². The summed E-state index contributed by atoms with van der Waals surface area (Å²) < 4.78 is 11.9. The molecule has 0 fully saturated rings. The van der Waals surface area contributed by atoms with Crippen LogP contribution in [0.1, 0.15) is 245 Å². The third-order valence-corrected chi connectivity index (χ3v) is 12.3. The number of amides is 1. The summed E-state index contributed by atoms with van der Waals surface area (Å²) in [6.07, 6.45) is 42.0. The Morgan fingerprint density at radius 1 is 0.467 bits per heavy atom. The van der Waals surface area contributed by atoms with E-state index < -0.39 is 0 Å². The third kappa shape index (κ3) is 32.1. The van der Waals surface area contributed by atoms with Gasteiger partial charge in [0, 0.05) is 6.42 Å². The summed E-state index contributed by atoms with van der Waals surface area (Å²) in [4.78, 5) is 42.4. The molecule has 1 amide bonds. The molecule has 0 saturated heterocycles. The topological polar surface area (TPSA) is 72.9 Å². The van der Waals surface area contributed by atoms with Gasteiger partial charge in [0.2, 0.25) is 5.91 Å². The molecule has 0 bridgehead atoms. The van der Waals surface area contributed by atoms with E-state index in [0.717, 1.165) is 56.9 Å². The fraction of sp³-hybridized carbons (Fsp3) is 0.796. The van der Waals surface area contributed by atoms with Crippen LogP contribution in [0.4, 0.5) is 0 Å². The lowest BCUT2D eigenvalue weighted by molar-refractivity contribution is -0.152. The van der Waals surface area contributed by atoms with Crippen LogP contribution in [0.2, 0.25) is 0 Å². The van der Waals surface area contributed by atoms with Crippen molar-refractivity contribution in [1.29, 1.82) is 0 Å². The predicted molar refractivity (Wildman–Crippen MR) is 256 cm³/mol. The van der Waals surface area contributed by atoms with Crippen LogP contribution in [-0.4, -0.2) is 49.0 Å². The first-order valence-electron chi connectivity index (χ1n) is 25.8. The maximum atomic E-state index is 13.6. The molecule has 1 aromatic carbocycles. The number of rotatable bonds is 43. The van der Waals surface area contributed by atoms with Crippen LogP contribution in [0.3, 0.4) is 0 Å². The predicted octanol–water partition coefficient (Wildman–Crippen LogP) is 15.8. The number of esters is 2. The highest BCUT2D eigenvalue weighted by atomic mass is 16.5. The lowest BCUT2D eigenvalue weighted by atomic mass is 9.94. The smallest absolute Gasteiger partial charge is 0.308 e. The standard InChI is InChI=1S/C54H95NO5/c1-5-9-13-17-21-25-32-40-50(41-33-26-22-18-14-10-6-2)53(57)59-47-45-55(52(56)44-36-39-49-37-30-29-31-38-49)46-48-60-54(58)51(42-34-27-23-19-15-11-7-3)43-35-28-24-20-16-12-8-4/h29-31,36-39,50-51H,5-28,32-35,40-48H2,1-4H3/b39-36+. The number of carbonyl (C=O) groups excluding carboxylic acids is 3. The van der Waals surface area contributed by atoms with Gasteiger partial charge in [0.1, 0.15) is 13.2 Å². The average Bonchev–Trinajstić information content (AvgIpc) is 3.25. The van der Waals surface area contributed by atoms with Gasteiger partial charge in [-0.3, -0.25) is 14.4 Å². The Balaban J connectivity index is 2.86. The molecule has 1 rings (SSSR count). The third-order valence-electron chi connectivity index (χ3n) is 12.3. The summed E-state index contributed by atoms with van der Waals surface area (Å²) in [5.41, 5.74) is 1.04. The Kier molecular flexibility index (Phi) is 38.5. The Morgan fingerprint density at radius 2 is 0.783 bits per heavy atom. The van der Waals surface area contributed by atoms with Crippen LogP contribution in [0.15, 0.2) is 36.4 Å². The number of benzene rings is 1. The lowest BCUT2D eigenvalue weighted by Crippen LogP contribution is -2.37.